The number of anilines is 2. The van der Waals surface area contributed by atoms with E-state index in [1.54, 1.807) is 19.2 Å². The Kier molecular flexibility index (Phi) is 3.91. The lowest BCUT2D eigenvalue weighted by Crippen LogP contribution is -2.11. The number of methoxy groups -OCH3 is 1. The highest BCUT2D eigenvalue weighted by Gasteiger charge is 2.26. The molecule has 1 unspecified atom stereocenters. The van der Waals surface area contributed by atoms with E-state index in [9.17, 15) is 0 Å². The van der Waals surface area contributed by atoms with Crippen molar-refractivity contribution in [2.75, 3.05) is 18.6 Å². The van der Waals surface area contributed by atoms with Crippen LogP contribution in [0, 0.1) is 6.92 Å². The number of fused-ring (bicyclic) bond motifs is 2. The number of nitrogens with zero attached hydrogens (tertiary/aromatic N) is 4. The Hall–Kier alpha value is -3.61. The summed E-state index contributed by atoms with van der Waals surface area (Å²) in [4.78, 5) is 13.7. The zero-order valence-corrected chi connectivity index (χ0v) is 16.4. The van der Waals surface area contributed by atoms with Gasteiger partial charge in [-0.25, -0.2) is 15.0 Å². The topological polar surface area (TPSA) is 105 Å². The molecule has 7 nitrogen and oxygen atoms in total. The molecule has 1 aliphatic rings. The average Bonchev–Trinajstić information content (AvgIpc) is 3.25. The summed E-state index contributed by atoms with van der Waals surface area (Å²) in [6.45, 7) is 2.04. The molecule has 0 aliphatic heterocycles. The first-order valence-corrected chi connectivity index (χ1v) is 9.56. The van der Waals surface area contributed by atoms with Crippen LogP contribution in [-0.2, 0) is 12.8 Å². The van der Waals surface area contributed by atoms with Gasteiger partial charge in [0.2, 0.25) is 0 Å². The van der Waals surface area contributed by atoms with E-state index in [1.807, 2.05) is 25.1 Å². The van der Waals surface area contributed by atoms with Crippen molar-refractivity contribution in [3.8, 4) is 17.0 Å². The Morgan fingerprint density at radius 1 is 0.931 bits per heavy atom. The van der Waals surface area contributed by atoms with E-state index in [1.165, 1.54) is 11.1 Å². The summed E-state index contributed by atoms with van der Waals surface area (Å²) >= 11 is 0. The fourth-order valence-corrected chi connectivity index (χ4v) is 4.29. The van der Waals surface area contributed by atoms with Gasteiger partial charge in [0, 0.05) is 11.6 Å². The molecule has 4 N–H and O–H groups in total. The second-order valence-corrected chi connectivity index (χ2v) is 7.47. The van der Waals surface area contributed by atoms with Crippen LogP contribution in [0.2, 0.25) is 0 Å². The standard InChI is InChI=1S/C22H22N6O/c1-12-25-19-6-5-18(15-10-20(23)27-21(24)11-15)26-22(19)28(12)16-7-13-3-4-17(29-2)9-14(13)8-16/h3-6,9-11,16H,7-8H2,1-2H3,(H4,23,24,27). The quantitative estimate of drug-likeness (QED) is 0.560. The molecule has 0 radical (unpaired) electrons. The summed E-state index contributed by atoms with van der Waals surface area (Å²) < 4.78 is 7.64. The first kappa shape index (κ1) is 17.5. The number of nitrogen functional groups attached to an aromatic ring is 2. The van der Waals surface area contributed by atoms with E-state index >= 15 is 0 Å². The number of aryl methyl sites for hydroxylation is 1. The van der Waals surface area contributed by atoms with Gasteiger partial charge in [-0.05, 0) is 67.3 Å². The average molecular weight is 386 g/mol. The Bertz CT molecular complexity index is 1230. The number of nitrogens with two attached hydrogens (primary N) is 2. The normalized spacial score (nSPS) is 15.6. The van der Waals surface area contributed by atoms with E-state index in [0.29, 0.717) is 11.6 Å². The summed E-state index contributed by atoms with van der Waals surface area (Å²) in [5, 5.41) is 0. The van der Waals surface area contributed by atoms with Gasteiger partial charge in [-0.3, -0.25) is 0 Å². The number of aromatic nitrogens is 4. The Morgan fingerprint density at radius 2 is 1.69 bits per heavy atom. The van der Waals surface area contributed by atoms with Crippen LogP contribution in [0.3, 0.4) is 0 Å². The van der Waals surface area contributed by atoms with Gasteiger partial charge in [0.05, 0.1) is 12.8 Å². The molecule has 0 saturated heterocycles. The van der Waals surface area contributed by atoms with Crippen LogP contribution in [0.5, 0.6) is 5.75 Å². The number of rotatable bonds is 3. The maximum absolute atomic E-state index is 5.87. The molecule has 0 saturated carbocycles. The number of imidazole rings is 1. The minimum atomic E-state index is 0.275. The highest BCUT2D eigenvalue weighted by molar-refractivity contribution is 5.77. The van der Waals surface area contributed by atoms with E-state index in [2.05, 4.69) is 21.7 Å². The van der Waals surface area contributed by atoms with E-state index in [4.69, 9.17) is 26.2 Å². The van der Waals surface area contributed by atoms with Crippen molar-refractivity contribution in [1.29, 1.82) is 0 Å². The molecule has 0 amide bonds. The van der Waals surface area contributed by atoms with Gasteiger partial charge >= 0.3 is 0 Å². The monoisotopic (exact) mass is 386 g/mol. The molecule has 1 atom stereocenters. The van der Waals surface area contributed by atoms with Gasteiger partial charge in [0.1, 0.15) is 28.7 Å². The molecule has 0 bridgehead atoms. The molecule has 29 heavy (non-hydrogen) atoms. The van der Waals surface area contributed by atoms with Crippen LogP contribution in [0.25, 0.3) is 22.4 Å². The van der Waals surface area contributed by atoms with Crippen molar-refractivity contribution in [3.05, 3.63) is 59.4 Å². The van der Waals surface area contributed by atoms with Crippen molar-refractivity contribution < 1.29 is 4.74 Å². The third-order valence-electron chi connectivity index (χ3n) is 5.56. The maximum atomic E-state index is 5.87. The second-order valence-electron chi connectivity index (χ2n) is 7.47. The van der Waals surface area contributed by atoms with Gasteiger partial charge < -0.3 is 20.8 Å². The van der Waals surface area contributed by atoms with Crippen LogP contribution in [0.15, 0.2) is 42.5 Å². The minimum Gasteiger partial charge on any atom is -0.497 e. The molecule has 1 aromatic carbocycles. The minimum absolute atomic E-state index is 0.275. The van der Waals surface area contributed by atoms with Crippen LogP contribution in [0.4, 0.5) is 11.6 Å². The summed E-state index contributed by atoms with van der Waals surface area (Å²) in [5.74, 6) is 2.62. The summed E-state index contributed by atoms with van der Waals surface area (Å²) in [6.07, 6.45) is 1.88. The molecule has 3 aromatic heterocycles. The Morgan fingerprint density at radius 3 is 2.45 bits per heavy atom. The van der Waals surface area contributed by atoms with Crippen LogP contribution < -0.4 is 16.2 Å². The van der Waals surface area contributed by atoms with Crippen molar-refractivity contribution in [2.45, 2.75) is 25.8 Å². The predicted octanol–water partition coefficient (Wildman–Crippen LogP) is 3.31. The summed E-state index contributed by atoms with van der Waals surface area (Å²) in [6, 6.07) is 14.1. The number of benzene rings is 1. The van der Waals surface area contributed by atoms with Gasteiger partial charge in [0.25, 0.3) is 0 Å². The molecule has 1 aliphatic carbocycles. The lowest BCUT2D eigenvalue weighted by molar-refractivity contribution is 0.414. The molecule has 7 heteroatoms. The molecular formula is C22H22N6O. The highest BCUT2D eigenvalue weighted by atomic mass is 16.5. The van der Waals surface area contributed by atoms with Crippen molar-refractivity contribution in [3.63, 3.8) is 0 Å². The lowest BCUT2D eigenvalue weighted by atomic mass is 10.1. The summed E-state index contributed by atoms with van der Waals surface area (Å²) in [5.41, 5.74) is 17.8. The Labute approximate surface area is 168 Å². The number of hydrogen-bond donors (Lipinski definition) is 2. The number of hydrogen-bond acceptors (Lipinski definition) is 6. The predicted molar refractivity (Wildman–Crippen MR) is 114 cm³/mol. The SMILES string of the molecule is COc1ccc2c(c1)CC(n1c(C)nc3ccc(-c4cc(N)nc(N)c4)nc31)C2. The van der Waals surface area contributed by atoms with Gasteiger partial charge in [-0.15, -0.1) is 0 Å². The van der Waals surface area contributed by atoms with Crippen molar-refractivity contribution in [1.82, 2.24) is 19.5 Å². The van der Waals surface area contributed by atoms with E-state index < -0.39 is 0 Å². The van der Waals surface area contributed by atoms with Crippen molar-refractivity contribution in [2.24, 2.45) is 0 Å². The smallest absolute Gasteiger partial charge is 0.160 e. The molecule has 146 valence electrons. The van der Waals surface area contributed by atoms with Gasteiger partial charge in [-0.2, -0.15) is 0 Å². The van der Waals surface area contributed by atoms with Crippen molar-refractivity contribution >= 4 is 22.8 Å². The highest BCUT2D eigenvalue weighted by Crippen LogP contribution is 2.35. The van der Waals surface area contributed by atoms with Crippen LogP contribution in [-0.4, -0.2) is 26.6 Å². The molecule has 5 rings (SSSR count). The van der Waals surface area contributed by atoms with E-state index in [0.717, 1.165) is 46.8 Å². The fourth-order valence-electron chi connectivity index (χ4n) is 4.29. The van der Waals surface area contributed by atoms with Gasteiger partial charge in [0.15, 0.2) is 5.65 Å². The molecule has 0 fully saturated rings. The van der Waals surface area contributed by atoms with E-state index in [-0.39, 0.29) is 6.04 Å². The number of ether oxygens (including phenoxy) is 1. The fraction of sp³-hybridized carbons (Fsp3) is 0.227. The van der Waals surface area contributed by atoms with Crippen LogP contribution in [0.1, 0.15) is 23.0 Å². The molecular weight excluding hydrogens is 364 g/mol. The molecule has 0 spiro atoms. The lowest BCUT2D eigenvalue weighted by Gasteiger charge is -2.14. The summed E-state index contributed by atoms with van der Waals surface area (Å²) in [7, 11) is 1.70. The third-order valence-corrected chi connectivity index (χ3v) is 5.56. The van der Waals surface area contributed by atoms with Crippen LogP contribution >= 0.6 is 0 Å². The maximum Gasteiger partial charge on any atom is 0.160 e. The third kappa shape index (κ3) is 2.95. The van der Waals surface area contributed by atoms with Gasteiger partial charge in [-0.1, -0.05) is 6.07 Å². The largest absolute Gasteiger partial charge is 0.497 e. The zero-order chi connectivity index (χ0) is 20.1. The Balaban J connectivity index is 1.58. The first-order valence-electron chi connectivity index (χ1n) is 9.56. The second kappa shape index (κ2) is 6.48. The first-order chi connectivity index (χ1) is 14.0. The zero-order valence-electron chi connectivity index (χ0n) is 16.4. The molecule has 4 aromatic rings. The number of pyridine rings is 2. The molecule has 3 heterocycles.